The average molecular weight is 270 g/mol. The third-order valence-corrected chi connectivity index (χ3v) is 4.14. The Morgan fingerprint density at radius 1 is 1.25 bits per heavy atom. The summed E-state index contributed by atoms with van der Waals surface area (Å²) in [6.07, 6.45) is 2.50. The van der Waals surface area contributed by atoms with E-state index >= 15 is 0 Å². The predicted octanol–water partition coefficient (Wildman–Crippen LogP) is 1.86. The van der Waals surface area contributed by atoms with E-state index in [1.165, 1.54) is 12.0 Å². The summed E-state index contributed by atoms with van der Waals surface area (Å²) in [6.45, 7) is 0. The van der Waals surface area contributed by atoms with Gasteiger partial charge in [-0.2, -0.15) is 5.26 Å². The number of hydrogen-bond donors (Lipinski definition) is 0. The first-order valence-corrected chi connectivity index (χ1v) is 6.63. The van der Waals surface area contributed by atoms with E-state index in [0.717, 1.165) is 19.3 Å². The fourth-order valence-corrected chi connectivity index (χ4v) is 3.16. The number of anilines is 1. The van der Waals surface area contributed by atoms with E-state index in [4.69, 9.17) is 10.00 Å². The van der Waals surface area contributed by atoms with Crippen LogP contribution in [-0.4, -0.2) is 18.9 Å². The molecule has 2 amide bonds. The van der Waals surface area contributed by atoms with Gasteiger partial charge in [-0.05, 0) is 25.0 Å². The van der Waals surface area contributed by atoms with Crippen LogP contribution in [0.2, 0.25) is 0 Å². The van der Waals surface area contributed by atoms with Crippen molar-refractivity contribution in [3.63, 3.8) is 0 Å². The highest BCUT2D eigenvalue weighted by Crippen LogP contribution is 2.43. The lowest BCUT2D eigenvalue weighted by Crippen LogP contribution is -2.31. The number of fused-ring (bicyclic) bond motifs is 1. The molecule has 2 fully saturated rings. The van der Waals surface area contributed by atoms with E-state index < -0.39 is 0 Å². The summed E-state index contributed by atoms with van der Waals surface area (Å²) in [5.74, 6) is -0.252. The minimum atomic E-state index is -0.178. The maximum Gasteiger partial charge on any atom is 0.237 e. The van der Waals surface area contributed by atoms with Crippen LogP contribution in [-0.2, 0) is 9.59 Å². The molecule has 0 radical (unpaired) electrons. The summed E-state index contributed by atoms with van der Waals surface area (Å²) in [6, 6.07) is 6.75. The second-order valence-electron chi connectivity index (χ2n) is 5.15. The Bertz CT molecular complexity index is 610. The van der Waals surface area contributed by atoms with Gasteiger partial charge >= 0.3 is 0 Å². The minimum Gasteiger partial charge on any atom is -0.495 e. The van der Waals surface area contributed by atoms with Crippen LogP contribution in [0.25, 0.3) is 0 Å². The van der Waals surface area contributed by atoms with Crippen LogP contribution >= 0.6 is 0 Å². The van der Waals surface area contributed by atoms with Crippen LogP contribution in [0.5, 0.6) is 5.75 Å². The van der Waals surface area contributed by atoms with Gasteiger partial charge in [0.15, 0.2) is 0 Å². The van der Waals surface area contributed by atoms with Crippen molar-refractivity contribution in [2.75, 3.05) is 12.0 Å². The highest BCUT2D eigenvalue weighted by Gasteiger charge is 2.50. The van der Waals surface area contributed by atoms with Crippen molar-refractivity contribution < 1.29 is 14.3 Å². The predicted molar refractivity (Wildman–Crippen MR) is 71.0 cm³/mol. The molecule has 5 nitrogen and oxygen atoms in total. The van der Waals surface area contributed by atoms with Crippen LogP contribution in [0, 0.1) is 23.2 Å². The summed E-state index contributed by atoms with van der Waals surface area (Å²) in [7, 11) is 1.46. The monoisotopic (exact) mass is 270 g/mol. The lowest BCUT2D eigenvalue weighted by atomic mass is 10.00. The quantitative estimate of drug-likeness (QED) is 0.769. The van der Waals surface area contributed by atoms with E-state index in [1.807, 2.05) is 6.07 Å². The second kappa shape index (κ2) is 4.64. The van der Waals surface area contributed by atoms with Crippen LogP contribution in [0.3, 0.4) is 0 Å². The summed E-state index contributed by atoms with van der Waals surface area (Å²) in [5, 5.41) is 8.90. The molecule has 1 aromatic rings. The normalized spacial score (nSPS) is 24.7. The third kappa shape index (κ3) is 1.68. The number of methoxy groups -OCH3 is 1. The zero-order valence-electron chi connectivity index (χ0n) is 11.1. The van der Waals surface area contributed by atoms with E-state index in [9.17, 15) is 9.59 Å². The second-order valence-corrected chi connectivity index (χ2v) is 5.15. The maximum atomic E-state index is 12.4. The molecule has 2 atom stereocenters. The Labute approximate surface area is 116 Å². The summed E-state index contributed by atoms with van der Waals surface area (Å²) in [5.41, 5.74) is 0.876. The van der Waals surface area contributed by atoms with Gasteiger partial charge in [0, 0.05) is 6.07 Å². The number of carbonyl (C=O) groups excluding carboxylic acids is 2. The Kier molecular flexibility index (Phi) is 2.94. The molecule has 2 unspecified atom stereocenters. The van der Waals surface area contributed by atoms with Crippen molar-refractivity contribution in [1.82, 2.24) is 0 Å². The number of nitrogens with zero attached hydrogens (tertiary/aromatic N) is 2. The van der Waals surface area contributed by atoms with Gasteiger partial charge < -0.3 is 4.74 Å². The Morgan fingerprint density at radius 3 is 2.45 bits per heavy atom. The molecule has 1 saturated carbocycles. The Hall–Kier alpha value is -2.35. The van der Waals surface area contributed by atoms with E-state index in [2.05, 4.69) is 0 Å². The van der Waals surface area contributed by atoms with Gasteiger partial charge in [0.05, 0.1) is 36.3 Å². The van der Waals surface area contributed by atoms with Gasteiger partial charge in [-0.15, -0.1) is 0 Å². The molecule has 0 bridgehead atoms. The number of rotatable bonds is 2. The number of benzene rings is 1. The molecule has 20 heavy (non-hydrogen) atoms. The maximum absolute atomic E-state index is 12.4. The summed E-state index contributed by atoms with van der Waals surface area (Å²) in [4.78, 5) is 26.0. The van der Waals surface area contributed by atoms with Gasteiger partial charge in [-0.25, -0.2) is 4.90 Å². The highest BCUT2D eigenvalue weighted by molar-refractivity contribution is 6.22. The van der Waals surface area contributed by atoms with Crippen LogP contribution in [0.4, 0.5) is 5.69 Å². The van der Waals surface area contributed by atoms with Gasteiger partial charge in [0.25, 0.3) is 0 Å². The van der Waals surface area contributed by atoms with Crippen LogP contribution in [0.15, 0.2) is 18.2 Å². The van der Waals surface area contributed by atoms with Gasteiger partial charge in [0.2, 0.25) is 11.8 Å². The fourth-order valence-electron chi connectivity index (χ4n) is 3.16. The number of ether oxygens (including phenoxy) is 1. The zero-order chi connectivity index (χ0) is 14.3. The number of nitriles is 1. The van der Waals surface area contributed by atoms with E-state index in [0.29, 0.717) is 17.0 Å². The Morgan fingerprint density at radius 2 is 1.90 bits per heavy atom. The van der Waals surface area contributed by atoms with Crippen molar-refractivity contribution in [3.8, 4) is 11.8 Å². The van der Waals surface area contributed by atoms with Gasteiger partial charge in [-0.3, -0.25) is 9.59 Å². The van der Waals surface area contributed by atoms with Crippen molar-refractivity contribution in [1.29, 1.82) is 5.26 Å². The molecular weight excluding hydrogens is 256 g/mol. The van der Waals surface area contributed by atoms with E-state index in [1.54, 1.807) is 18.2 Å². The molecule has 0 N–H and O–H groups in total. The number of hydrogen-bond acceptors (Lipinski definition) is 4. The molecule has 102 valence electrons. The third-order valence-electron chi connectivity index (χ3n) is 4.14. The van der Waals surface area contributed by atoms with E-state index in [-0.39, 0.29) is 23.7 Å². The first kappa shape index (κ1) is 12.7. The lowest BCUT2D eigenvalue weighted by molar-refractivity contribution is -0.122. The van der Waals surface area contributed by atoms with Gasteiger partial charge in [0.1, 0.15) is 5.75 Å². The standard InChI is InChI=1S/C15H14N2O3/c1-20-13-7-9(8-16)5-6-12(13)17-14(18)10-3-2-4-11(10)15(17)19/h5-7,10-11H,2-4H2,1H3. The first-order chi connectivity index (χ1) is 9.67. The summed E-state index contributed by atoms with van der Waals surface area (Å²) >= 11 is 0. The topological polar surface area (TPSA) is 70.4 Å². The SMILES string of the molecule is COc1cc(C#N)ccc1N1C(=O)C2CCCC2C1=O. The minimum absolute atomic E-state index is 0.138. The molecule has 3 rings (SSSR count). The molecule has 1 aliphatic carbocycles. The molecule has 0 aromatic heterocycles. The molecule has 2 aliphatic rings. The largest absolute Gasteiger partial charge is 0.495 e. The highest BCUT2D eigenvalue weighted by atomic mass is 16.5. The summed E-state index contributed by atoms with van der Waals surface area (Å²) < 4.78 is 5.22. The molecule has 1 aliphatic heterocycles. The molecule has 1 heterocycles. The molecule has 0 spiro atoms. The number of carbonyl (C=O) groups is 2. The number of imide groups is 1. The smallest absolute Gasteiger partial charge is 0.237 e. The van der Waals surface area contributed by atoms with Crippen molar-refractivity contribution in [2.24, 2.45) is 11.8 Å². The first-order valence-electron chi connectivity index (χ1n) is 6.63. The fraction of sp³-hybridized carbons (Fsp3) is 0.400. The molecule has 1 saturated heterocycles. The number of amides is 2. The zero-order valence-corrected chi connectivity index (χ0v) is 11.1. The van der Waals surface area contributed by atoms with Crippen LogP contribution in [0.1, 0.15) is 24.8 Å². The average Bonchev–Trinajstić information content (AvgIpc) is 3.04. The van der Waals surface area contributed by atoms with Crippen molar-refractivity contribution in [2.45, 2.75) is 19.3 Å². The van der Waals surface area contributed by atoms with Crippen molar-refractivity contribution >= 4 is 17.5 Å². The van der Waals surface area contributed by atoms with Gasteiger partial charge in [-0.1, -0.05) is 6.42 Å². The molecule has 1 aromatic carbocycles. The van der Waals surface area contributed by atoms with Crippen molar-refractivity contribution in [3.05, 3.63) is 23.8 Å². The molecule has 5 heteroatoms. The Balaban J connectivity index is 2.03. The lowest BCUT2D eigenvalue weighted by Gasteiger charge is -2.18. The molecular formula is C15H14N2O3. The van der Waals surface area contributed by atoms with Crippen LogP contribution < -0.4 is 9.64 Å².